The second kappa shape index (κ2) is 5.06. The minimum Gasteiger partial charge on any atom is -0.377 e. The molecule has 3 atom stereocenters. The van der Waals surface area contributed by atoms with Crippen molar-refractivity contribution in [3.05, 3.63) is 18.7 Å². The summed E-state index contributed by atoms with van der Waals surface area (Å²) in [7, 11) is 1.66. The van der Waals surface area contributed by atoms with E-state index < -0.39 is 5.38 Å². The van der Waals surface area contributed by atoms with Gasteiger partial charge in [0, 0.05) is 32.6 Å². The summed E-state index contributed by atoms with van der Waals surface area (Å²) in [5.41, 5.74) is 0. The van der Waals surface area contributed by atoms with Crippen LogP contribution in [0.25, 0.3) is 0 Å². The van der Waals surface area contributed by atoms with Gasteiger partial charge in [-0.3, -0.25) is 4.79 Å². The molecule has 1 aromatic rings. The Balaban J connectivity index is 2.11. The number of carbonyl (C=O) groups excluding carboxylic acids is 1. The lowest BCUT2D eigenvalue weighted by molar-refractivity contribution is -0.129. The van der Waals surface area contributed by atoms with Crippen LogP contribution in [-0.4, -0.2) is 52.0 Å². The van der Waals surface area contributed by atoms with E-state index >= 15 is 0 Å². The molecule has 1 amide bonds. The maximum absolute atomic E-state index is 11.8. The maximum atomic E-state index is 11.8. The maximum Gasteiger partial charge on any atom is 0.240 e. The van der Waals surface area contributed by atoms with Gasteiger partial charge in [0.15, 0.2) is 0 Å². The van der Waals surface area contributed by atoms with Crippen LogP contribution in [0.2, 0.25) is 0 Å². The highest BCUT2D eigenvalue weighted by atomic mass is 35.5. The summed E-state index contributed by atoms with van der Waals surface area (Å²) in [6, 6.07) is 0.113. The standard InChI is InChI=1S/C11H16ClN3O2/c1-8(12)11(16)15-5-9(10(6-15)17-2)14-4-3-13-7-14/h3-4,7-10H,5-6H2,1-2H3/t8-,9-,10+/m0/s1. The third-order valence-corrected chi connectivity index (χ3v) is 3.29. The molecule has 2 heterocycles. The number of likely N-dealkylation sites (tertiary alicyclic amines) is 1. The van der Waals surface area contributed by atoms with Gasteiger partial charge < -0.3 is 14.2 Å². The Morgan fingerprint density at radius 2 is 2.35 bits per heavy atom. The predicted molar refractivity (Wildman–Crippen MR) is 64.0 cm³/mol. The van der Waals surface area contributed by atoms with Crippen LogP contribution in [0.3, 0.4) is 0 Å². The number of hydrogen-bond acceptors (Lipinski definition) is 3. The molecule has 1 saturated heterocycles. The number of amides is 1. The lowest BCUT2D eigenvalue weighted by Gasteiger charge is -2.17. The zero-order chi connectivity index (χ0) is 12.4. The van der Waals surface area contributed by atoms with Gasteiger partial charge >= 0.3 is 0 Å². The molecule has 0 aromatic carbocycles. The van der Waals surface area contributed by atoms with Crippen LogP contribution in [0.5, 0.6) is 0 Å². The van der Waals surface area contributed by atoms with Crippen LogP contribution < -0.4 is 0 Å². The Morgan fingerprint density at radius 1 is 1.59 bits per heavy atom. The highest BCUT2D eigenvalue weighted by Gasteiger charge is 2.37. The van der Waals surface area contributed by atoms with Crippen molar-refractivity contribution < 1.29 is 9.53 Å². The van der Waals surface area contributed by atoms with Crippen LogP contribution in [0.4, 0.5) is 0 Å². The van der Waals surface area contributed by atoms with E-state index in [1.54, 1.807) is 31.5 Å². The monoisotopic (exact) mass is 257 g/mol. The van der Waals surface area contributed by atoms with Gasteiger partial charge in [0.2, 0.25) is 5.91 Å². The minimum absolute atomic E-state index is 0.0106. The highest BCUT2D eigenvalue weighted by Crippen LogP contribution is 2.25. The summed E-state index contributed by atoms with van der Waals surface area (Å²) in [5.74, 6) is -0.0451. The van der Waals surface area contributed by atoms with Crippen molar-refractivity contribution in [3.63, 3.8) is 0 Å². The van der Waals surface area contributed by atoms with Gasteiger partial charge in [0.25, 0.3) is 0 Å². The largest absolute Gasteiger partial charge is 0.377 e. The topological polar surface area (TPSA) is 47.4 Å². The van der Waals surface area contributed by atoms with Gasteiger partial charge in [0.1, 0.15) is 5.38 Å². The number of halogens is 1. The molecular weight excluding hydrogens is 242 g/mol. The molecule has 0 unspecified atom stereocenters. The van der Waals surface area contributed by atoms with Crippen molar-refractivity contribution in [2.75, 3.05) is 20.2 Å². The van der Waals surface area contributed by atoms with Crippen LogP contribution in [0.15, 0.2) is 18.7 Å². The molecule has 0 aliphatic carbocycles. The van der Waals surface area contributed by atoms with Crippen LogP contribution in [0, 0.1) is 0 Å². The van der Waals surface area contributed by atoms with E-state index in [2.05, 4.69) is 4.98 Å². The Labute approximate surface area is 105 Å². The summed E-state index contributed by atoms with van der Waals surface area (Å²) in [6.07, 6.45) is 5.34. The average molecular weight is 258 g/mol. The Hall–Kier alpha value is -1.07. The first-order valence-corrected chi connectivity index (χ1v) is 6.00. The summed E-state index contributed by atoms with van der Waals surface area (Å²) in [6.45, 7) is 2.89. The molecule has 0 N–H and O–H groups in total. The van der Waals surface area contributed by atoms with E-state index in [9.17, 15) is 4.79 Å². The summed E-state index contributed by atoms with van der Waals surface area (Å²) in [4.78, 5) is 17.6. The van der Waals surface area contributed by atoms with Gasteiger partial charge in [-0.1, -0.05) is 0 Å². The first kappa shape index (κ1) is 12.4. The third kappa shape index (κ3) is 2.45. The van der Waals surface area contributed by atoms with Crippen LogP contribution in [0.1, 0.15) is 13.0 Å². The van der Waals surface area contributed by atoms with Crippen molar-refractivity contribution in [3.8, 4) is 0 Å². The molecule has 1 aromatic heterocycles. The number of nitrogens with zero attached hydrogens (tertiary/aromatic N) is 3. The quantitative estimate of drug-likeness (QED) is 0.757. The fourth-order valence-electron chi connectivity index (χ4n) is 2.17. The van der Waals surface area contributed by atoms with Crippen molar-refractivity contribution in [2.24, 2.45) is 0 Å². The minimum atomic E-state index is -0.492. The van der Waals surface area contributed by atoms with Crippen LogP contribution in [-0.2, 0) is 9.53 Å². The van der Waals surface area contributed by atoms with Crippen molar-refractivity contribution in [1.82, 2.24) is 14.5 Å². The highest BCUT2D eigenvalue weighted by molar-refractivity contribution is 6.30. The molecule has 94 valence electrons. The van der Waals surface area contributed by atoms with Crippen molar-refractivity contribution in [2.45, 2.75) is 24.4 Å². The number of methoxy groups -OCH3 is 1. The number of carbonyl (C=O) groups is 1. The van der Waals surface area contributed by atoms with E-state index in [1.807, 2.05) is 10.8 Å². The SMILES string of the molecule is CO[C@@H]1CN(C(=O)[C@H](C)Cl)C[C@@H]1n1ccnc1. The van der Waals surface area contributed by atoms with Crippen molar-refractivity contribution >= 4 is 17.5 Å². The van der Waals surface area contributed by atoms with E-state index in [1.165, 1.54) is 0 Å². The lowest BCUT2D eigenvalue weighted by atomic mass is 10.2. The van der Waals surface area contributed by atoms with Gasteiger partial charge in [-0.2, -0.15) is 0 Å². The van der Waals surface area contributed by atoms with E-state index in [-0.39, 0.29) is 18.1 Å². The van der Waals surface area contributed by atoms with Gasteiger partial charge in [0.05, 0.1) is 18.5 Å². The molecule has 0 radical (unpaired) electrons. The smallest absolute Gasteiger partial charge is 0.240 e. The molecule has 1 aliphatic heterocycles. The zero-order valence-electron chi connectivity index (χ0n) is 9.91. The van der Waals surface area contributed by atoms with Gasteiger partial charge in [-0.25, -0.2) is 4.98 Å². The zero-order valence-corrected chi connectivity index (χ0v) is 10.7. The third-order valence-electron chi connectivity index (χ3n) is 3.10. The second-order valence-electron chi connectivity index (χ2n) is 4.21. The number of aromatic nitrogens is 2. The first-order chi connectivity index (χ1) is 8.13. The Kier molecular flexibility index (Phi) is 3.69. The average Bonchev–Trinajstić information content (AvgIpc) is 2.95. The second-order valence-corrected chi connectivity index (χ2v) is 4.87. The Morgan fingerprint density at radius 3 is 2.88 bits per heavy atom. The Bertz CT molecular complexity index is 380. The molecule has 1 aliphatic rings. The fraction of sp³-hybridized carbons (Fsp3) is 0.636. The number of imidazole rings is 1. The molecule has 1 fully saturated rings. The number of alkyl halides is 1. The molecule has 2 rings (SSSR count). The van der Waals surface area contributed by atoms with Crippen LogP contribution >= 0.6 is 11.6 Å². The molecular formula is C11H16ClN3O2. The lowest BCUT2D eigenvalue weighted by Crippen LogP contribution is -2.34. The molecule has 17 heavy (non-hydrogen) atoms. The van der Waals surface area contributed by atoms with Gasteiger partial charge in [-0.15, -0.1) is 11.6 Å². The number of hydrogen-bond donors (Lipinski definition) is 0. The predicted octanol–water partition coefficient (Wildman–Crippen LogP) is 0.909. The summed E-state index contributed by atoms with van der Waals surface area (Å²) < 4.78 is 7.39. The number of rotatable bonds is 3. The molecule has 0 bridgehead atoms. The van der Waals surface area contributed by atoms with E-state index in [0.29, 0.717) is 13.1 Å². The van der Waals surface area contributed by atoms with E-state index in [4.69, 9.17) is 16.3 Å². The summed E-state index contributed by atoms with van der Waals surface area (Å²) in [5, 5.41) is -0.492. The molecule has 0 spiro atoms. The molecule has 6 heteroatoms. The fourth-order valence-corrected chi connectivity index (χ4v) is 2.31. The van der Waals surface area contributed by atoms with Crippen molar-refractivity contribution in [1.29, 1.82) is 0 Å². The number of ether oxygens (including phenoxy) is 1. The van der Waals surface area contributed by atoms with Gasteiger partial charge in [-0.05, 0) is 6.92 Å². The normalized spacial score (nSPS) is 26.2. The first-order valence-electron chi connectivity index (χ1n) is 5.56. The summed E-state index contributed by atoms with van der Waals surface area (Å²) >= 11 is 5.82. The van der Waals surface area contributed by atoms with E-state index in [0.717, 1.165) is 0 Å². The molecule has 5 nitrogen and oxygen atoms in total. The molecule has 0 saturated carbocycles.